The fraction of sp³-hybridized carbons (Fsp3) is 0.353. The van der Waals surface area contributed by atoms with E-state index in [0.29, 0.717) is 11.6 Å². The molecular weight excluding hydrogens is 316 g/mol. The Hall–Kier alpha value is -2.14. The number of aromatic nitrogens is 2. The molecule has 0 amide bonds. The molecule has 0 aromatic carbocycles. The molecule has 1 saturated carbocycles. The summed E-state index contributed by atoms with van der Waals surface area (Å²) < 4.78 is 7.27. The third-order valence-electron chi connectivity index (χ3n) is 4.01. The number of carbonyl (C=O) groups is 2. The molecule has 0 bridgehead atoms. The molecule has 0 unspecified atom stereocenters. The van der Waals surface area contributed by atoms with Gasteiger partial charge in [0.1, 0.15) is 5.15 Å². The monoisotopic (exact) mass is 332 g/mol. The molecule has 0 saturated heterocycles. The van der Waals surface area contributed by atoms with Crippen LogP contribution in [-0.4, -0.2) is 27.9 Å². The fourth-order valence-electron chi connectivity index (χ4n) is 2.78. The van der Waals surface area contributed by atoms with Gasteiger partial charge in [-0.3, -0.25) is 4.79 Å². The molecule has 1 aliphatic rings. The maximum absolute atomic E-state index is 12.4. The second kappa shape index (κ2) is 6.16. The summed E-state index contributed by atoms with van der Waals surface area (Å²) in [6, 6.07) is 5.48. The zero-order chi connectivity index (χ0) is 16.6. The molecule has 0 radical (unpaired) electrons. The molecule has 0 atom stereocenters. The van der Waals surface area contributed by atoms with Gasteiger partial charge in [-0.1, -0.05) is 11.6 Å². The topological polar surface area (TPSA) is 61.2 Å². The van der Waals surface area contributed by atoms with Crippen LogP contribution in [0.2, 0.25) is 5.15 Å². The lowest BCUT2D eigenvalue weighted by Gasteiger charge is -2.08. The Morgan fingerprint density at radius 2 is 2.09 bits per heavy atom. The fourth-order valence-corrected chi connectivity index (χ4v) is 2.98. The summed E-state index contributed by atoms with van der Waals surface area (Å²) in [5.41, 5.74) is 2.77. The third-order valence-corrected chi connectivity index (χ3v) is 4.31. The van der Waals surface area contributed by atoms with Gasteiger partial charge in [0.05, 0.1) is 5.56 Å². The summed E-state index contributed by atoms with van der Waals surface area (Å²) in [5.74, 6) is -0.856. The third kappa shape index (κ3) is 3.15. The van der Waals surface area contributed by atoms with Gasteiger partial charge in [0.25, 0.3) is 0 Å². The van der Waals surface area contributed by atoms with Crippen LogP contribution in [0.1, 0.15) is 51.0 Å². The minimum Gasteiger partial charge on any atom is -0.454 e. The van der Waals surface area contributed by atoms with E-state index < -0.39 is 5.97 Å². The van der Waals surface area contributed by atoms with Crippen LogP contribution in [0.4, 0.5) is 0 Å². The summed E-state index contributed by atoms with van der Waals surface area (Å²) >= 11 is 5.84. The maximum atomic E-state index is 12.4. The Morgan fingerprint density at radius 1 is 1.35 bits per heavy atom. The average molecular weight is 333 g/mol. The maximum Gasteiger partial charge on any atom is 0.341 e. The Kier molecular flexibility index (Phi) is 4.22. The van der Waals surface area contributed by atoms with E-state index in [0.717, 1.165) is 24.2 Å². The van der Waals surface area contributed by atoms with Gasteiger partial charge in [0.15, 0.2) is 6.61 Å². The summed E-state index contributed by atoms with van der Waals surface area (Å²) in [6.07, 6.45) is 3.79. The highest BCUT2D eigenvalue weighted by atomic mass is 35.5. The van der Waals surface area contributed by atoms with Crippen molar-refractivity contribution in [2.45, 2.75) is 32.7 Å². The van der Waals surface area contributed by atoms with Gasteiger partial charge in [0, 0.05) is 29.2 Å². The minimum absolute atomic E-state index is 0.0665. The van der Waals surface area contributed by atoms with Crippen LogP contribution in [0.5, 0.6) is 0 Å². The first-order valence-electron chi connectivity index (χ1n) is 7.48. The van der Waals surface area contributed by atoms with Crippen LogP contribution in [0.15, 0.2) is 24.4 Å². The average Bonchev–Trinajstić information content (AvgIpc) is 3.30. The van der Waals surface area contributed by atoms with E-state index >= 15 is 0 Å². The molecule has 1 fully saturated rings. The Bertz CT molecular complexity index is 778. The van der Waals surface area contributed by atoms with Crippen molar-refractivity contribution < 1.29 is 14.3 Å². The van der Waals surface area contributed by atoms with Crippen LogP contribution < -0.4 is 0 Å². The molecule has 0 N–H and O–H groups in total. The molecular formula is C17H17ClN2O3. The number of hydrogen-bond acceptors (Lipinski definition) is 4. The summed E-state index contributed by atoms with van der Waals surface area (Å²) in [6.45, 7) is 3.61. The standard InChI is InChI=1S/C17H17ClN2O3/c1-10-8-14(11(2)20(10)12-5-6-12)15(21)9-23-17(22)13-4-3-7-19-16(13)18/h3-4,7-8,12H,5-6,9H2,1-2H3. The molecule has 2 aromatic rings. The van der Waals surface area contributed by atoms with Gasteiger partial charge >= 0.3 is 5.97 Å². The number of aryl methyl sites for hydroxylation is 1. The lowest BCUT2D eigenvalue weighted by Crippen LogP contribution is -2.15. The van der Waals surface area contributed by atoms with E-state index in [9.17, 15) is 9.59 Å². The Morgan fingerprint density at radius 3 is 2.74 bits per heavy atom. The predicted molar refractivity (Wildman–Crippen MR) is 86.0 cm³/mol. The van der Waals surface area contributed by atoms with Crippen molar-refractivity contribution in [3.63, 3.8) is 0 Å². The van der Waals surface area contributed by atoms with Gasteiger partial charge in [-0.15, -0.1) is 0 Å². The molecule has 0 aliphatic heterocycles. The van der Waals surface area contributed by atoms with E-state index in [-0.39, 0.29) is 23.1 Å². The highest BCUT2D eigenvalue weighted by Gasteiger charge is 2.28. The number of ketones is 1. The molecule has 3 rings (SSSR count). The molecule has 1 aliphatic carbocycles. The first-order valence-corrected chi connectivity index (χ1v) is 7.86. The van der Waals surface area contributed by atoms with E-state index in [2.05, 4.69) is 9.55 Å². The molecule has 23 heavy (non-hydrogen) atoms. The minimum atomic E-state index is -0.646. The van der Waals surface area contributed by atoms with Crippen LogP contribution in [0.25, 0.3) is 0 Å². The van der Waals surface area contributed by atoms with Crippen LogP contribution in [0.3, 0.4) is 0 Å². The zero-order valence-corrected chi connectivity index (χ0v) is 13.8. The number of halogens is 1. The van der Waals surface area contributed by atoms with Crippen molar-refractivity contribution in [1.29, 1.82) is 0 Å². The normalized spacial score (nSPS) is 13.9. The quantitative estimate of drug-likeness (QED) is 0.477. The van der Waals surface area contributed by atoms with Crippen LogP contribution in [-0.2, 0) is 4.74 Å². The summed E-state index contributed by atoms with van der Waals surface area (Å²) in [7, 11) is 0. The lowest BCUT2D eigenvalue weighted by molar-refractivity contribution is 0.0474. The smallest absolute Gasteiger partial charge is 0.341 e. The van der Waals surface area contributed by atoms with Crippen molar-refractivity contribution >= 4 is 23.4 Å². The van der Waals surface area contributed by atoms with E-state index in [1.165, 1.54) is 12.3 Å². The molecule has 5 nitrogen and oxygen atoms in total. The zero-order valence-electron chi connectivity index (χ0n) is 13.0. The van der Waals surface area contributed by atoms with Gasteiger partial charge in [-0.25, -0.2) is 9.78 Å². The van der Waals surface area contributed by atoms with Crippen molar-refractivity contribution in [1.82, 2.24) is 9.55 Å². The highest BCUT2D eigenvalue weighted by Crippen LogP contribution is 2.38. The SMILES string of the molecule is Cc1cc(C(=O)COC(=O)c2cccnc2Cl)c(C)n1C1CC1. The number of rotatable bonds is 5. The largest absolute Gasteiger partial charge is 0.454 e. The number of pyridine rings is 1. The van der Waals surface area contributed by atoms with E-state index in [1.54, 1.807) is 6.07 Å². The van der Waals surface area contributed by atoms with Gasteiger partial charge in [0.2, 0.25) is 5.78 Å². The number of nitrogens with zero attached hydrogens (tertiary/aromatic N) is 2. The highest BCUT2D eigenvalue weighted by molar-refractivity contribution is 6.32. The Balaban J connectivity index is 1.69. The molecule has 6 heteroatoms. The molecule has 2 heterocycles. The van der Waals surface area contributed by atoms with Crippen LogP contribution >= 0.6 is 11.6 Å². The number of esters is 1. The van der Waals surface area contributed by atoms with Gasteiger partial charge in [-0.2, -0.15) is 0 Å². The number of ether oxygens (including phenoxy) is 1. The van der Waals surface area contributed by atoms with Crippen molar-refractivity contribution in [2.24, 2.45) is 0 Å². The number of carbonyl (C=O) groups excluding carboxylic acids is 2. The lowest BCUT2D eigenvalue weighted by atomic mass is 10.1. The van der Waals surface area contributed by atoms with Gasteiger partial charge in [-0.05, 0) is 44.9 Å². The van der Waals surface area contributed by atoms with Crippen molar-refractivity contribution in [3.8, 4) is 0 Å². The molecule has 120 valence electrons. The second-order valence-electron chi connectivity index (χ2n) is 5.73. The second-order valence-corrected chi connectivity index (χ2v) is 6.09. The van der Waals surface area contributed by atoms with E-state index in [1.807, 2.05) is 19.9 Å². The number of hydrogen-bond donors (Lipinski definition) is 0. The summed E-state index contributed by atoms with van der Waals surface area (Å²) in [4.78, 5) is 28.1. The molecule has 2 aromatic heterocycles. The van der Waals surface area contributed by atoms with Gasteiger partial charge < -0.3 is 9.30 Å². The molecule has 0 spiro atoms. The van der Waals surface area contributed by atoms with Crippen molar-refractivity contribution in [3.05, 3.63) is 52.1 Å². The predicted octanol–water partition coefficient (Wildman–Crippen LogP) is 3.53. The first kappa shape index (κ1) is 15.7. The van der Waals surface area contributed by atoms with E-state index in [4.69, 9.17) is 16.3 Å². The first-order chi connectivity index (χ1) is 11.0. The summed E-state index contributed by atoms with van der Waals surface area (Å²) in [5, 5.41) is 0.0665. The Labute approximate surface area is 139 Å². The van der Waals surface area contributed by atoms with Crippen LogP contribution in [0, 0.1) is 13.8 Å². The number of Topliss-reactive ketones (excluding diaryl/α,β-unsaturated/α-hetero) is 1. The van der Waals surface area contributed by atoms with Crippen molar-refractivity contribution in [2.75, 3.05) is 6.61 Å².